The summed E-state index contributed by atoms with van der Waals surface area (Å²) >= 11 is 0. The number of hydrogen-bond acceptors (Lipinski definition) is 6. The molecule has 0 radical (unpaired) electrons. The topological polar surface area (TPSA) is 75.9 Å². The second-order valence-electron chi connectivity index (χ2n) is 10.3. The van der Waals surface area contributed by atoms with Crippen molar-refractivity contribution < 1.29 is 13.9 Å². The molecule has 2 aromatic heterocycles. The van der Waals surface area contributed by atoms with Crippen molar-refractivity contribution >= 4 is 16.9 Å². The number of rotatable bonds is 5. The number of ether oxygens (including phenoxy) is 1. The molecule has 1 amide bonds. The summed E-state index contributed by atoms with van der Waals surface area (Å²) in [6.07, 6.45) is 6.53. The Bertz CT molecular complexity index is 1290. The van der Waals surface area contributed by atoms with Gasteiger partial charge in [-0.05, 0) is 74.9 Å². The maximum absolute atomic E-state index is 13.1. The predicted octanol–water partition coefficient (Wildman–Crippen LogP) is 3.53. The highest BCUT2D eigenvalue weighted by Gasteiger charge is 2.28. The number of hydrogen-bond donors (Lipinski definition) is 0. The molecule has 3 aromatic rings. The molecule has 2 aliphatic rings. The highest BCUT2D eigenvalue weighted by molar-refractivity contribution is 5.86. The molecule has 0 bridgehead atoms. The van der Waals surface area contributed by atoms with Gasteiger partial charge in [-0.25, -0.2) is 4.79 Å². The van der Waals surface area contributed by atoms with Gasteiger partial charge in [-0.2, -0.15) is 0 Å². The van der Waals surface area contributed by atoms with Crippen LogP contribution in [0.25, 0.3) is 11.0 Å². The minimum Gasteiger partial charge on any atom is -0.487 e. The largest absolute Gasteiger partial charge is 0.487 e. The van der Waals surface area contributed by atoms with Crippen LogP contribution in [0.2, 0.25) is 0 Å². The van der Waals surface area contributed by atoms with Gasteiger partial charge < -0.3 is 14.1 Å². The van der Waals surface area contributed by atoms with Gasteiger partial charge in [0.15, 0.2) is 0 Å². The molecular weight excluding hydrogens is 442 g/mol. The number of benzene rings is 1. The Morgan fingerprint density at radius 3 is 2.60 bits per heavy atom. The number of nitrogens with zero attached hydrogens (tertiary/aromatic N) is 3. The van der Waals surface area contributed by atoms with Crippen LogP contribution in [-0.2, 0) is 24.1 Å². The number of aryl methyl sites for hydroxylation is 2. The molecule has 2 aliphatic heterocycles. The summed E-state index contributed by atoms with van der Waals surface area (Å²) in [7, 11) is 0. The van der Waals surface area contributed by atoms with E-state index in [1.165, 1.54) is 5.56 Å². The third-order valence-corrected chi connectivity index (χ3v) is 7.37. The zero-order valence-electron chi connectivity index (χ0n) is 20.8. The Morgan fingerprint density at radius 2 is 1.86 bits per heavy atom. The minimum atomic E-state index is -0.436. The third-order valence-electron chi connectivity index (χ3n) is 7.37. The summed E-state index contributed by atoms with van der Waals surface area (Å²) in [5.41, 5.74) is 3.53. The van der Waals surface area contributed by atoms with E-state index in [-0.39, 0.29) is 17.9 Å². The van der Waals surface area contributed by atoms with E-state index in [1.54, 1.807) is 0 Å². The zero-order valence-corrected chi connectivity index (χ0v) is 20.8. The fraction of sp³-hybridized carbons (Fsp3) is 0.464. The number of piperazine rings is 1. The monoisotopic (exact) mass is 475 g/mol. The first-order valence-corrected chi connectivity index (χ1v) is 12.5. The van der Waals surface area contributed by atoms with E-state index in [0.29, 0.717) is 24.2 Å². The van der Waals surface area contributed by atoms with Gasteiger partial charge >= 0.3 is 5.63 Å². The Labute approximate surface area is 205 Å². The fourth-order valence-corrected chi connectivity index (χ4v) is 5.06. The van der Waals surface area contributed by atoms with Gasteiger partial charge in [0.05, 0.1) is 12.0 Å². The quantitative estimate of drug-likeness (QED) is 0.526. The maximum Gasteiger partial charge on any atom is 0.340 e. The Kier molecular flexibility index (Phi) is 6.36. The third kappa shape index (κ3) is 5.10. The van der Waals surface area contributed by atoms with E-state index in [1.807, 2.05) is 42.4 Å². The van der Waals surface area contributed by atoms with Crippen LogP contribution >= 0.6 is 0 Å². The number of fused-ring (bicyclic) bond motifs is 2. The molecular formula is C28H33N3O4. The van der Waals surface area contributed by atoms with Gasteiger partial charge in [-0.3, -0.25) is 14.7 Å². The van der Waals surface area contributed by atoms with Crippen molar-refractivity contribution in [3.8, 4) is 5.75 Å². The Balaban J connectivity index is 1.25. The molecule has 0 N–H and O–H groups in total. The standard InChI is InChI=1S/C28H33N3O4/c1-19-22-16-21-4-8-28(2,3)35-24(21)18-25(22)34-27(33)23(19)17-26(32)31-14-12-30(13-15-31)11-7-20-5-9-29-10-6-20/h5-6,9-10,16,18H,4,7-8,11-15,17H2,1-3H3. The summed E-state index contributed by atoms with van der Waals surface area (Å²) in [6.45, 7) is 10.0. The molecule has 0 aliphatic carbocycles. The molecule has 1 fully saturated rings. The lowest BCUT2D eigenvalue weighted by Gasteiger charge is -2.35. The van der Waals surface area contributed by atoms with Gasteiger partial charge in [0.2, 0.25) is 5.91 Å². The normalized spacial score (nSPS) is 17.7. The van der Waals surface area contributed by atoms with Gasteiger partial charge in [-0.15, -0.1) is 0 Å². The lowest BCUT2D eigenvalue weighted by Crippen LogP contribution is -2.49. The molecule has 0 unspecified atom stereocenters. The summed E-state index contributed by atoms with van der Waals surface area (Å²) in [6, 6.07) is 7.98. The average molecular weight is 476 g/mol. The van der Waals surface area contributed by atoms with Crippen LogP contribution in [0.15, 0.2) is 45.9 Å². The van der Waals surface area contributed by atoms with Gasteiger partial charge in [0.25, 0.3) is 0 Å². The number of aromatic nitrogens is 1. The van der Waals surface area contributed by atoms with E-state index in [4.69, 9.17) is 9.15 Å². The van der Waals surface area contributed by atoms with Gasteiger partial charge in [0.1, 0.15) is 16.9 Å². The Morgan fingerprint density at radius 1 is 1.11 bits per heavy atom. The van der Waals surface area contributed by atoms with E-state index in [2.05, 4.69) is 29.8 Å². The predicted molar refractivity (Wildman–Crippen MR) is 135 cm³/mol. The van der Waals surface area contributed by atoms with Gasteiger partial charge in [-0.1, -0.05) is 0 Å². The van der Waals surface area contributed by atoms with Crippen molar-refractivity contribution in [3.63, 3.8) is 0 Å². The first kappa shape index (κ1) is 23.5. The van der Waals surface area contributed by atoms with E-state index < -0.39 is 5.63 Å². The van der Waals surface area contributed by atoms with Crippen molar-refractivity contribution in [2.75, 3.05) is 32.7 Å². The summed E-state index contributed by atoms with van der Waals surface area (Å²) in [5, 5.41) is 0.885. The molecule has 7 nitrogen and oxygen atoms in total. The van der Waals surface area contributed by atoms with E-state index in [0.717, 1.165) is 61.2 Å². The first-order chi connectivity index (χ1) is 16.8. The van der Waals surface area contributed by atoms with Crippen LogP contribution in [0.1, 0.15) is 42.5 Å². The lowest BCUT2D eigenvalue weighted by atomic mass is 9.92. The molecule has 35 heavy (non-hydrogen) atoms. The smallest absolute Gasteiger partial charge is 0.340 e. The van der Waals surface area contributed by atoms with Crippen molar-refractivity contribution in [2.24, 2.45) is 0 Å². The lowest BCUT2D eigenvalue weighted by molar-refractivity contribution is -0.132. The van der Waals surface area contributed by atoms with Crippen molar-refractivity contribution in [1.82, 2.24) is 14.8 Å². The summed E-state index contributed by atoms with van der Waals surface area (Å²) in [4.78, 5) is 34.3. The van der Waals surface area contributed by atoms with Crippen LogP contribution in [0.5, 0.6) is 5.75 Å². The van der Waals surface area contributed by atoms with Crippen LogP contribution in [0.4, 0.5) is 0 Å². The van der Waals surface area contributed by atoms with Crippen molar-refractivity contribution in [1.29, 1.82) is 0 Å². The second kappa shape index (κ2) is 9.46. The molecule has 1 aromatic carbocycles. The molecule has 0 atom stereocenters. The fourth-order valence-electron chi connectivity index (χ4n) is 5.06. The van der Waals surface area contributed by atoms with Gasteiger partial charge in [0, 0.05) is 56.6 Å². The van der Waals surface area contributed by atoms with E-state index in [9.17, 15) is 9.59 Å². The zero-order chi connectivity index (χ0) is 24.6. The molecule has 5 rings (SSSR count). The number of amides is 1. The molecule has 4 heterocycles. The minimum absolute atomic E-state index is 0.0171. The SMILES string of the molecule is Cc1c(CC(=O)N2CCN(CCc3ccncc3)CC2)c(=O)oc2cc3c(cc12)CCC(C)(C)O3. The van der Waals surface area contributed by atoms with Crippen LogP contribution in [0.3, 0.4) is 0 Å². The molecule has 184 valence electrons. The first-order valence-electron chi connectivity index (χ1n) is 12.5. The summed E-state index contributed by atoms with van der Waals surface area (Å²) in [5.74, 6) is 0.763. The van der Waals surface area contributed by atoms with E-state index >= 15 is 0 Å². The second-order valence-corrected chi connectivity index (χ2v) is 10.3. The number of pyridine rings is 1. The highest BCUT2D eigenvalue weighted by atomic mass is 16.5. The molecule has 1 saturated heterocycles. The van der Waals surface area contributed by atoms with Crippen LogP contribution in [-0.4, -0.2) is 59.0 Å². The van der Waals surface area contributed by atoms with Crippen LogP contribution < -0.4 is 10.4 Å². The molecule has 0 spiro atoms. The number of carbonyl (C=O) groups is 1. The average Bonchev–Trinajstić information content (AvgIpc) is 2.85. The molecule has 0 saturated carbocycles. The highest BCUT2D eigenvalue weighted by Crippen LogP contribution is 2.36. The summed E-state index contributed by atoms with van der Waals surface area (Å²) < 4.78 is 11.8. The van der Waals surface area contributed by atoms with Crippen LogP contribution in [0, 0.1) is 6.92 Å². The maximum atomic E-state index is 13.1. The van der Waals surface area contributed by atoms with Crippen molar-refractivity contribution in [3.05, 3.63) is 69.3 Å². The van der Waals surface area contributed by atoms with Crippen molar-refractivity contribution in [2.45, 2.75) is 52.1 Å². The Hall–Kier alpha value is -3.19. The molecule has 7 heteroatoms. The number of carbonyl (C=O) groups excluding carboxylic acids is 1.